The molecule has 1 unspecified atom stereocenters. The van der Waals surface area contributed by atoms with E-state index in [1.165, 1.54) is 6.07 Å². The van der Waals surface area contributed by atoms with E-state index in [1.54, 1.807) is 0 Å². The minimum Gasteiger partial charge on any atom is -0.508 e. The number of nitrogens with two attached hydrogens (primary N) is 1. The summed E-state index contributed by atoms with van der Waals surface area (Å²) in [4.78, 5) is 10.6. The van der Waals surface area contributed by atoms with Gasteiger partial charge >= 0.3 is 5.97 Å². The lowest BCUT2D eigenvalue weighted by Gasteiger charge is -2.05. The number of carboxylic acid groups (broad SMARTS) is 1. The highest BCUT2D eigenvalue weighted by molar-refractivity contribution is 5.73. The summed E-state index contributed by atoms with van der Waals surface area (Å²) in [7, 11) is 0. The lowest BCUT2D eigenvalue weighted by molar-refractivity contribution is -0.138. The van der Waals surface area contributed by atoms with Gasteiger partial charge in [-0.3, -0.25) is 4.79 Å². The Balaban J connectivity index is 3.22. The van der Waals surface area contributed by atoms with Gasteiger partial charge in [-0.25, -0.2) is 0 Å². The number of aliphatic carboxylic acids is 1. The molecular weight excluding hydrogens is 170 g/mol. The normalized spacial score (nSPS) is 18.1. The molecule has 1 rings (SSSR count). The van der Waals surface area contributed by atoms with Crippen LogP contribution in [-0.4, -0.2) is 22.2 Å². The minimum atomic E-state index is -1.53. The third kappa shape index (κ3) is 2.76. The van der Waals surface area contributed by atoms with E-state index in [0.29, 0.717) is 0 Å². The van der Waals surface area contributed by atoms with E-state index in [0.717, 1.165) is 6.07 Å². The van der Waals surface area contributed by atoms with Crippen LogP contribution in [0.25, 0.3) is 0 Å². The van der Waals surface area contributed by atoms with Crippen molar-refractivity contribution in [3.63, 3.8) is 0 Å². The fraction of sp³-hybridized carbons (Fsp3) is 0.222. The van der Waals surface area contributed by atoms with Gasteiger partial charge in [0.2, 0.25) is 0 Å². The molecule has 0 aliphatic heterocycles. The van der Waals surface area contributed by atoms with Crippen molar-refractivity contribution in [1.82, 2.24) is 0 Å². The predicted octanol–water partition coefficient (Wildman–Crippen LogP) is 0.347. The van der Waals surface area contributed by atoms with Crippen molar-refractivity contribution in [3.8, 4) is 5.75 Å². The Morgan fingerprint density at radius 3 is 3.15 bits per heavy atom. The van der Waals surface area contributed by atoms with Gasteiger partial charge in [-0.05, 0) is 24.1 Å². The number of hydrogen-bond acceptors (Lipinski definition) is 3. The van der Waals surface area contributed by atoms with Crippen molar-refractivity contribution in [2.75, 3.05) is 0 Å². The van der Waals surface area contributed by atoms with Crippen LogP contribution in [0.15, 0.2) is 24.2 Å². The molecule has 4 nitrogen and oxygen atoms in total. The van der Waals surface area contributed by atoms with Gasteiger partial charge in [0.1, 0.15) is 11.8 Å². The molecule has 4 N–H and O–H groups in total. The molecule has 1 aromatic rings. The first-order valence-corrected chi connectivity index (χ1v) is 3.56. The highest BCUT2D eigenvalue weighted by Gasteiger charge is 2.11. The van der Waals surface area contributed by atoms with Gasteiger partial charge in [0, 0.05) is 1.37 Å². The number of phenolic OH excluding ortho intramolecular Hbond substituents is 1. The lowest BCUT2D eigenvalue weighted by Crippen LogP contribution is -2.32. The first-order chi connectivity index (χ1) is 7.36. The van der Waals surface area contributed by atoms with E-state index >= 15 is 0 Å². The average Bonchev–Trinajstić information content (AvgIpc) is 2.22. The molecule has 0 aliphatic rings. The zero-order valence-corrected chi connectivity index (χ0v) is 6.69. The zero-order chi connectivity index (χ0) is 12.5. The van der Waals surface area contributed by atoms with E-state index in [1.807, 2.05) is 0 Å². The molecule has 0 radical (unpaired) electrons. The molecule has 4 heteroatoms. The van der Waals surface area contributed by atoms with Crippen LogP contribution in [0.2, 0.25) is 0 Å². The fourth-order valence-electron chi connectivity index (χ4n) is 0.767. The molecule has 0 bridgehead atoms. The number of hydrogen-bond donors (Lipinski definition) is 3. The Labute approximate surface area is 79.8 Å². The number of benzene rings is 1. The summed E-state index contributed by atoms with van der Waals surface area (Å²) >= 11 is 0. The quantitative estimate of drug-likeness (QED) is 0.632. The van der Waals surface area contributed by atoms with E-state index in [-0.39, 0.29) is 11.6 Å². The maximum Gasteiger partial charge on any atom is 0.320 e. The van der Waals surface area contributed by atoms with Crippen LogP contribution in [-0.2, 0) is 11.2 Å². The third-order valence-corrected chi connectivity index (χ3v) is 1.37. The monoisotopic (exact) mass is 184 g/mol. The predicted molar refractivity (Wildman–Crippen MR) is 47.4 cm³/mol. The first-order valence-electron chi connectivity index (χ1n) is 5.13. The summed E-state index contributed by atoms with van der Waals surface area (Å²) in [6.45, 7) is 0. The second-order valence-corrected chi connectivity index (χ2v) is 2.43. The van der Waals surface area contributed by atoms with Crippen molar-refractivity contribution in [3.05, 3.63) is 29.8 Å². The Bertz CT molecular complexity index is 425. The van der Waals surface area contributed by atoms with Crippen LogP contribution in [0.5, 0.6) is 5.75 Å². The molecular formula is C9H11NO3. The van der Waals surface area contributed by atoms with E-state index < -0.39 is 30.2 Å². The van der Waals surface area contributed by atoms with Gasteiger partial charge in [-0.15, -0.1) is 0 Å². The van der Waals surface area contributed by atoms with Crippen LogP contribution >= 0.6 is 0 Å². The Morgan fingerprint density at radius 1 is 1.85 bits per heavy atom. The number of rotatable bonds is 3. The number of carboxylic acids is 1. The molecule has 0 aliphatic carbocycles. The molecule has 0 spiro atoms. The van der Waals surface area contributed by atoms with Crippen LogP contribution in [0.4, 0.5) is 0 Å². The maximum absolute atomic E-state index is 10.6. The second kappa shape index (κ2) is 3.91. The van der Waals surface area contributed by atoms with Gasteiger partial charge in [0.05, 0.1) is 2.74 Å². The standard InChI is InChI=1S/C9H11NO3/c10-8(9(12)13)5-6-2-1-3-7(11)4-6/h1-4,8,11H,5,10H2,(H,12,13)/t8-/m0/s1/i2D,4D,5D/t5?,8-. The zero-order valence-electron chi connectivity index (χ0n) is 9.69. The van der Waals surface area contributed by atoms with Gasteiger partial charge in [0.25, 0.3) is 0 Å². The van der Waals surface area contributed by atoms with Crippen molar-refractivity contribution in [2.24, 2.45) is 5.73 Å². The van der Waals surface area contributed by atoms with Crippen molar-refractivity contribution < 1.29 is 19.1 Å². The summed E-state index contributed by atoms with van der Waals surface area (Å²) in [5.41, 5.74) is 5.06. The van der Waals surface area contributed by atoms with Crippen LogP contribution < -0.4 is 5.73 Å². The molecule has 13 heavy (non-hydrogen) atoms. The smallest absolute Gasteiger partial charge is 0.320 e. The molecule has 0 amide bonds. The molecule has 0 fully saturated rings. The fourth-order valence-corrected chi connectivity index (χ4v) is 0.767. The minimum absolute atomic E-state index is 0.181. The molecule has 0 saturated heterocycles. The Hall–Kier alpha value is -1.55. The van der Waals surface area contributed by atoms with Crippen molar-refractivity contribution in [1.29, 1.82) is 0 Å². The molecule has 2 atom stereocenters. The van der Waals surface area contributed by atoms with Gasteiger partial charge in [-0.2, -0.15) is 0 Å². The second-order valence-electron chi connectivity index (χ2n) is 2.43. The lowest BCUT2D eigenvalue weighted by atomic mass is 10.1. The number of phenols is 1. The molecule has 70 valence electrons. The number of carbonyl (C=O) groups is 1. The summed E-state index contributed by atoms with van der Waals surface area (Å²) in [5, 5.41) is 17.9. The SMILES string of the molecule is [2H]c1ccc(O)c([2H])c1C([2H])[C@H](N)C(=O)O. The summed E-state index contributed by atoms with van der Waals surface area (Å²) < 4.78 is 22.5. The maximum atomic E-state index is 10.6. The van der Waals surface area contributed by atoms with Crippen molar-refractivity contribution in [2.45, 2.75) is 12.4 Å². The largest absolute Gasteiger partial charge is 0.508 e. The van der Waals surface area contributed by atoms with Gasteiger partial charge in [-0.1, -0.05) is 12.1 Å². The third-order valence-electron chi connectivity index (χ3n) is 1.37. The van der Waals surface area contributed by atoms with E-state index in [2.05, 4.69) is 0 Å². The van der Waals surface area contributed by atoms with Crippen LogP contribution in [0.3, 0.4) is 0 Å². The average molecular weight is 184 g/mol. The summed E-state index contributed by atoms with van der Waals surface area (Å²) in [6, 6.07) is 0.199. The summed E-state index contributed by atoms with van der Waals surface area (Å²) in [5.74, 6) is -1.79. The molecule has 0 heterocycles. The van der Waals surface area contributed by atoms with Crippen molar-refractivity contribution >= 4 is 5.97 Å². The molecule has 0 aromatic heterocycles. The highest BCUT2D eigenvalue weighted by Crippen LogP contribution is 2.11. The van der Waals surface area contributed by atoms with Gasteiger partial charge in [0.15, 0.2) is 0 Å². The van der Waals surface area contributed by atoms with Gasteiger partial charge < -0.3 is 15.9 Å². The topological polar surface area (TPSA) is 83.5 Å². The number of aromatic hydroxyl groups is 1. The van der Waals surface area contributed by atoms with Crippen LogP contribution in [0.1, 0.15) is 9.68 Å². The molecule has 1 aromatic carbocycles. The molecule has 0 saturated carbocycles. The van der Waals surface area contributed by atoms with Crippen LogP contribution in [0, 0.1) is 0 Å². The van der Waals surface area contributed by atoms with E-state index in [9.17, 15) is 9.90 Å². The Kier molecular flexibility index (Phi) is 1.80. The summed E-state index contributed by atoms with van der Waals surface area (Å²) in [6.07, 6.45) is -1.45. The first kappa shape index (κ1) is 5.99. The Morgan fingerprint density at radius 2 is 2.54 bits per heavy atom. The van der Waals surface area contributed by atoms with E-state index in [4.69, 9.17) is 15.0 Å². The highest BCUT2D eigenvalue weighted by atomic mass is 16.4.